The topological polar surface area (TPSA) is 20.2 Å². The SMILES string of the molecule is C#C[C@H](C)[C@]1(C)C=C(C)C=C(C)C1O. The van der Waals surface area contributed by atoms with Crippen molar-refractivity contribution in [2.45, 2.75) is 33.8 Å². The number of aliphatic hydroxyl groups excluding tert-OH is 1. The van der Waals surface area contributed by atoms with E-state index in [9.17, 15) is 5.11 Å². The third-order valence-electron chi connectivity index (χ3n) is 3.20. The fraction of sp³-hybridized carbons (Fsp3) is 0.538. The van der Waals surface area contributed by atoms with E-state index in [0.29, 0.717) is 0 Å². The van der Waals surface area contributed by atoms with Gasteiger partial charge >= 0.3 is 0 Å². The van der Waals surface area contributed by atoms with Gasteiger partial charge in [0.25, 0.3) is 0 Å². The first-order valence-corrected chi connectivity index (χ1v) is 4.93. The molecule has 0 saturated heterocycles. The minimum Gasteiger partial charge on any atom is -0.388 e. The van der Waals surface area contributed by atoms with Crippen molar-refractivity contribution in [3.05, 3.63) is 23.3 Å². The molecule has 0 spiro atoms. The Labute approximate surface area is 86.5 Å². The van der Waals surface area contributed by atoms with Crippen molar-refractivity contribution < 1.29 is 5.11 Å². The molecule has 0 aromatic rings. The van der Waals surface area contributed by atoms with Crippen LogP contribution in [0.4, 0.5) is 0 Å². The van der Waals surface area contributed by atoms with E-state index in [4.69, 9.17) is 6.42 Å². The van der Waals surface area contributed by atoms with Gasteiger partial charge in [0, 0.05) is 11.3 Å². The molecule has 0 fully saturated rings. The number of rotatable bonds is 1. The Bertz CT molecular complexity index is 330. The maximum Gasteiger partial charge on any atom is 0.0850 e. The summed E-state index contributed by atoms with van der Waals surface area (Å²) in [6.07, 6.45) is 9.06. The third kappa shape index (κ3) is 1.63. The van der Waals surface area contributed by atoms with Gasteiger partial charge in [-0.2, -0.15) is 0 Å². The molecule has 3 atom stereocenters. The van der Waals surface area contributed by atoms with Crippen LogP contribution in [-0.4, -0.2) is 11.2 Å². The van der Waals surface area contributed by atoms with E-state index < -0.39 is 6.10 Å². The van der Waals surface area contributed by atoms with Gasteiger partial charge in [-0.15, -0.1) is 12.3 Å². The predicted molar refractivity (Wildman–Crippen MR) is 59.6 cm³/mol. The lowest BCUT2D eigenvalue weighted by Crippen LogP contribution is -2.38. The van der Waals surface area contributed by atoms with E-state index in [2.05, 4.69) is 12.0 Å². The summed E-state index contributed by atoms with van der Waals surface area (Å²) in [5, 5.41) is 10.1. The number of hydrogen-bond donors (Lipinski definition) is 1. The van der Waals surface area contributed by atoms with Crippen molar-refractivity contribution in [1.29, 1.82) is 0 Å². The lowest BCUT2D eigenvalue weighted by Gasteiger charge is -2.38. The van der Waals surface area contributed by atoms with E-state index in [1.807, 2.05) is 33.8 Å². The van der Waals surface area contributed by atoms with Crippen LogP contribution in [0.5, 0.6) is 0 Å². The summed E-state index contributed by atoms with van der Waals surface area (Å²) in [7, 11) is 0. The van der Waals surface area contributed by atoms with Crippen LogP contribution in [0.1, 0.15) is 27.7 Å². The zero-order valence-corrected chi connectivity index (χ0v) is 9.33. The highest BCUT2D eigenvalue weighted by atomic mass is 16.3. The molecular formula is C13H18O. The Morgan fingerprint density at radius 1 is 1.57 bits per heavy atom. The van der Waals surface area contributed by atoms with Gasteiger partial charge in [-0.1, -0.05) is 31.6 Å². The van der Waals surface area contributed by atoms with Crippen molar-refractivity contribution in [2.75, 3.05) is 0 Å². The quantitative estimate of drug-likeness (QED) is 0.630. The predicted octanol–water partition coefficient (Wildman–Crippen LogP) is 2.53. The van der Waals surface area contributed by atoms with Gasteiger partial charge in [0.15, 0.2) is 0 Å². The molecule has 0 aromatic heterocycles. The van der Waals surface area contributed by atoms with Gasteiger partial charge in [-0.3, -0.25) is 0 Å². The van der Waals surface area contributed by atoms with Crippen LogP contribution >= 0.6 is 0 Å². The highest BCUT2D eigenvalue weighted by molar-refractivity contribution is 5.34. The van der Waals surface area contributed by atoms with Crippen molar-refractivity contribution in [3.63, 3.8) is 0 Å². The molecule has 0 aromatic carbocycles. The second-order valence-electron chi connectivity index (χ2n) is 4.43. The molecule has 1 nitrogen and oxygen atoms in total. The van der Waals surface area contributed by atoms with Gasteiger partial charge in [0.1, 0.15) is 0 Å². The van der Waals surface area contributed by atoms with E-state index in [1.54, 1.807) is 0 Å². The number of terminal acetylenes is 1. The van der Waals surface area contributed by atoms with Crippen LogP contribution in [0.15, 0.2) is 23.3 Å². The molecular weight excluding hydrogens is 172 g/mol. The molecule has 0 aliphatic heterocycles. The first-order valence-electron chi connectivity index (χ1n) is 4.93. The average Bonchev–Trinajstić information content (AvgIpc) is 2.12. The second kappa shape index (κ2) is 3.63. The van der Waals surface area contributed by atoms with Gasteiger partial charge in [-0.05, 0) is 19.4 Å². The smallest absolute Gasteiger partial charge is 0.0850 e. The summed E-state index contributed by atoms with van der Waals surface area (Å²) in [5.74, 6) is 2.75. The monoisotopic (exact) mass is 190 g/mol. The molecule has 0 radical (unpaired) electrons. The zero-order chi connectivity index (χ0) is 10.9. The Balaban J connectivity index is 3.13. The molecule has 1 rings (SSSR count). The minimum absolute atomic E-state index is 0.0381. The fourth-order valence-corrected chi connectivity index (χ4v) is 2.08. The van der Waals surface area contributed by atoms with Crippen LogP contribution < -0.4 is 0 Å². The molecule has 1 aliphatic carbocycles. The molecule has 0 heterocycles. The normalized spacial score (nSPS) is 34.1. The summed E-state index contributed by atoms with van der Waals surface area (Å²) < 4.78 is 0. The van der Waals surface area contributed by atoms with Gasteiger partial charge < -0.3 is 5.11 Å². The summed E-state index contributed by atoms with van der Waals surface area (Å²) in [6, 6.07) is 0. The third-order valence-corrected chi connectivity index (χ3v) is 3.20. The number of allylic oxidation sites excluding steroid dienone is 2. The Kier molecular flexibility index (Phi) is 2.87. The summed E-state index contributed by atoms with van der Waals surface area (Å²) in [5.41, 5.74) is 1.85. The van der Waals surface area contributed by atoms with Crippen molar-refractivity contribution >= 4 is 0 Å². The molecule has 1 aliphatic rings. The van der Waals surface area contributed by atoms with Crippen molar-refractivity contribution in [3.8, 4) is 12.3 Å². The largest absolute Gasteiger partial charge is 0.388 e. The van der Waals surface area contributed by atoms with E-state index in [-0.39, 0.29) is 11.3 Å². The number of aliphatic hydroxyl groups is 1. The summed E-state index contributed by atoms with van der Waals surface area (Å²) in [4.78, 5) is 0. The summed E-state index contributed by atoms with van der Waals surface area (Å²) in [6.45, 7) is 7.98. The second-order valence-corrected chi connectivity index (χ2v) is 4.43. The first-order chi connectivity index (χ1) is 6.41. The minimum atomic E-state index is -0.461. The maximum absolute atomic E-state index is 10.1. The van der Waals surface area contributed by atoms with Crippen LogP contribution in [0.2, 0.25) is 0 Å². The Morgan fingerprint density at radius 3 is 2.64 bits per heavy atom. The standard InChI is InChI=1S/C13H18O/c1-6-11(4)13(5)8-9(2)7-10(3)12(13)14/h1,7-8,11-12,14H,2-5H3/t11-,12?,13-/m0/s1. The highest BCUT2D eigenvalue weighted by Crippen LogP contribution is 2.40. The van der Waals surface area contributed by atoms with E-state index in [0.717, 1.165) is 5.57 Å². The van der Waals surface area contributed by atoms with Gasteiger partial charge in [-0.25, -0.2) is 0 Å². The maximum atomic E-state index is 10.1. The lowest BCUT2D eigenvalue weighted by atomic mass is 9.68. The lowest BCUT2D eigenvalue weighted by molar-refractivity contribution is 0.0763. The molecule has 1 heteroatoms. The van der Waals surface area contributed by atoms with E-state index >= 15 is 0 Å². The van der Waals surface area contributed by atoms with Crippen molar-refractivity contribution in [1.82, 2.24) is 0 Å². The zero-order valence-electron chi connectivity index (χ0n) is 9.33. The molecule has 1 N–H and O–H groups in total. The van der Waals surface area contributed by atoms with Crippen LogP contribution in [0.25, 0.3) is 0 Å². The molecule has 1 unspecified atom stereocenters. The van der Waals surface area contributed by atoms with Crippen LogP contribution in [-0.2, 0) is 0 Å². The molecule has 0 saturated carbocycles. The Morgan fingerprint density at radius 2 is 2.14 bits per heavy atom. The molecule has 14 heavy (non-hydrogen) atoms. The molecule has 0 amide bonds. The first kappa shape index (κ1) is 11.1. The Hall–Kier alpha value is -1.00. The molecule has 0 bridgehead atoms. The van der Waals surface area contributed by atoms with Gasteiger partial charge in [0.2, 0.25) is 0 Å². The number of hydrogen-bond acceptors (Lipinski definition) is 1. The summed E-state index contributed by atoms with van der Waals surface area (Å²) >= 11 is 0. The van der Waals surface area contributed by atoms with E-state index in [1.165, 1.54) is 5.57 Å². The average molecular weight is 190 g/mol. The van der Waals surface area contributed by atoms with Crippen LogP contribution in [0.3, 0.4) is 0 Å². The van der Waals surface area contributed by atoms with Crippen molar-refractivity contribution in [2.24, 2.45) is 11.3 Å². The fourth-order valence-electron chi connectivity index (χ4n) is 2.08. The van der Waals surface area contributed by atoms with Crippen LogP contribution in [0, 0.1) is 23.7 Å². The van der Waals surface area contributed by atoms with Gasteiger partial charge in [0.05, 0.1) is 6.10 Å². The molecule has 76 valence electrons. The highest BCUT2D eigenvalue weighted by Gasteiger charge is 2.38.